The van der Waals surface area contributed by atoms with E-state index >= 15 is 0 Å². The Bertz CT molecular complexity index is 312. The number of phenolic OH excluding ortho intramolecular Hbond substituents is 1. The van der Waals surface area contributed by atoms with Crippen molar-refractivity contribution in [3.63, 3.8) is 0 Å². The van der Waals surface area contributed by atoms with Crippen LogP contribution >= 0.6 is 0 Å². The number of methoxy groups -OCH3 is 1. The van der Waals surface area contributed by atoms with Gasteiger partial charge in [-0.1, -0.05) is 6.07 Å². The maximum Gasteiger partial charge on any atom is 0.117 e. The summed E-state index contributed by atoms with van der Waals surface area (Å²) in [5.41, 5.74) is 2.23. The number of hydrogen-bond acceptors (Lipinski definition) is 3. The second-order valence-electron chi connectivity index (χ2n) is 3.28. The standard InChI is InChI=1S/C10H13NO2/c1-13-9-4-7-2-3-8(12)5-10(7)11-6-9/h2-3,5,9,11-12H,4,6H2,1H3. The first-order valence-electron chi connectivity index (χ1n) is 4.38. The summed E-state index contributed by atoms with van der Waals surface area (Å²) in [4.78, 5) is 0. The molecule has 1 unspecified atom stereocenters. The molecule has 3 nitrogen and oxygen atoms in total. The lowest BCUT2D eigenvalue weighted by Crippen LogP contribution is -2.29. The van der Waals surface area contributed by atoms with Crippen LogP contribution in [0, 0.1) is 0 Å². The van der Waals surface area contributed by atoms with Gasteiger partial charge in [-0.25, -0.2) is 0 Å². The van der Waals surface area contributed by atoms with Crippen LogP contribution in [0.3, 0.4) is 0 Å². The molecular weight excluding hydrogens is 166 g/mol. The molecular formula is C10H13NO2. The van der Waals surface area contributed by atoms with Gasteiger partial charge in [0.05, 0.1) is 6.10 Å². The normalized spacial score (nSPS) is 20.5. The topological polar surface area (TPSA) is 41.5 Å². The summed E-state index contributed by atoms with van der Waals surface area (Å²) < 4.78 is 5.25. The first-order chi connectivity index (χ1) is 6.29. The summed E-state index contributed by atoms with van der Waals surface area (Å²) in [5.74, 6) is 0.308. The van der Waals surface area contributed by atoms with E-state index in [2.05, 4.69) is 5.32 Å². The van der Waals surface area contributed by atoms with E-state index in [4.69, 9.17) is 4.74 Å². The molecule has 1 aliphatic heterocycles. The van der Waals surface area contributed by atoms with Crippen molar-refractivity contribution in [3.05, 3.63) is 23.8 Å². The third-order valence-electron chi connectivity index (χ3n) is 2.39. The molecule has 0 saturated carbocycles. The number of phenols is 1. The molecule has 0 saturated heterocycles. The molecule has 0 radical (unpaired) electrons. The molecule has 0 spiro atoms. The fourth-order valence-electron chi connectivity index (χ4n) is 1.61. The van der Waals surface area contributed by atoms with E-state index in [1.807, 2.05) is 6.07 Å². The van der Waals surface area contributed by atoms with Crippen LogP contribution < -0.4 is 5.32 Å². The Balaban J connectivity index is 2.26. The molecule has 0 aromatic heterocycles. The van der Waals surface area contributed by atoms with Crippen molar-refractivity contribution < 1.29 is 9.84 Å². The lowest BCUT2D eigenvalue weighted by molar-refractivity contribution is 0.111. The number of hydrogen-bond donors (Lipinski definition) is 2. The Morgan fingerprint density at radius 1 is 1.54 bits per heavy atom. The van der Waals surface area contributed by atoms with Gasteiger partial charge in [-0.3, -0.25) is 0 Å². The number of nitrogens with one attached hydrogen (secondary N) is 1. The zero-order valence-electron chi connectivity index (χ0n) is 7.58. The molecule has 1 aromatic carbocycles. The zero-order valence-corrected chi connectivity index (χ0v) is 7.58. The Labute approximate surface area is 77.3 Å². The minimum atomic E-state index is 0.247. The number of rotatable bonds is 1. The van der Waals surface area contributed by atoms with Crippen molar-refractivity contribution in [1.29, 1.82) is 0 Å². The molecule has 1 aromatic rings. The van der Waals surface area contributed by atoms with Gasteiger partial charge >= 0.3 is 0 Å². The van der Waals surface area contributed by atoms with Crippen molar-refractivity contribution in [2.75, 3.05) is 19.0 Å². The van der Waals surface area contributed by atoms with Crippen molar-refractivity contribution in [2.24, 2.45) is 0 Å². The smallest absolute Gasteiger partial charge is 0.117 e. The highest BCUT2D eigenvalue weighted by molar-refractivity contribution is 5.56. The summed E-state index contributed by atoms with van der Waals surface area (Å²) in [6, 6.07) is 5.39. The van der Waals surface area contributed by atoms with Crippen molar-refractivity contribution in [2.45, 2.75) is 12.5 Å². The van der Waals surface area contributed by atoms with E-state index in [1.165, 1.54) is 5.56 Å². The molecule has 0 aliphatic carbocycles. The van der Waals surface area contributed by atoms with Gasteiger partial charge in [-0.15, -0.1) is 0 Å². The van der Waals surface area contributed by atoms with Crippen LogP contribution in [-0.4, -0.2) is 24.9 Å². The van der Waals surface area contributed by atoms with E-state index in [9.17, 15) is 5.11 Å². The average molecular weight is 179 g/mol. The van der Waals surface area contributed by atoms with Crippen molar-refractivity contribution in [3.8, 4) is 5.75 Å². The monoisotopic (exact) mass is 179 g/mol. The van der Waals surface area contributed by atoms with E-state index < -0.39 is 0 Å². The first kappa shape index (κ1) is 8.38. The maximum absolute atomic E-state index is 9.24. The van der Waals surface area contributed by atoms with Crippen LogP contribution in [0.15, 0.2) is 18.2 Å². The van der Waals surface area contributed by atoms with Crippen molar-refractivity contribution >= 4 is 5.69 Å². The van der Waals surface area contributed by atoms with Gasteiger partial charge in [0, 0.05) is 31.8 Å². The number of fused-ring (bicyclic) bond motifs is 1. The quantitative estimate of drug-likeness (QED) is 0.684. The molecule has 0 amide bonds. The van der Waals surface area contributed by atoms with Gasteiger partial charge in [0.25, 0.3) is 0 Å². The van der Waals surface area contributed by atoms with Crippen LogP contribution in [-0.2, 0) is 11.2 Å². The molecule has 0 bridgehead atoms. The van der Waals surface area contributed by atoms with Crippen LogP contribution in [0.5, 0.6) is 5.75 Å². The van der Waals surface area contributed by atoms with Gasteiger partial charge in [-0.2, -0.15) is 0 Å². The summed E-state index contributed by atoms with van der Waals surface area (Å²) in [5, 5.41) is 12.5. The zero-order chi connectivity index (χ0) is 9.26. The van der Waals surface area contributed by atoms with Crippen LogP contribution in [0.1, 0.15) is 5.56 Å². The Kier molecular flexibility index (Phi) is 2.10. The highest BCUT2D eigenvalue weighted by Crippen LogP contribution is 2.26. The Morgan fingerprint density at radius 3 is 3.15 bits per heavy atom. The second-order valence-corrected chi connectivity index (χ2v) is 3.28. The number of anilines is 1. The fraction of sp³-hybridized carbons (Fsp3) is 0.400. The summed E-state index contributed by atoms with van der Waals surface area (Å²) >= 11 is 0. The first-order valence-corrected chi connectivity index (χ1v) is 4.38. The minimum absolute atomic E-state index is 0.247. The van der Waals surface area contributed by atoms with Crippen LogP contribution in [0.25, 0.3) is 0 Å². The molecule has 1 aliphatic rings. The van der Waals surface area contributed by atoms with Gasteiger partial charge in [0.1, 0.15) is 5.75 Å². The van der Waals surface area contributed by atoms with Gasteiger partial charge in [0.2, 0.25) is 0 Å². The Hall–Kier alpha value is -1.22. The average Bonchev–Trinajstić information content (AvgIpc) is 2.17. The predicted molar refractivity (Wildman–Crippen MR) is 51.1 cm³/mol. The fourth-order valence-corrected chi connectivity index (χ4v) is 1.61. The molecule has 2 N–H and O–H groups in total. The Morgan fingerprint density at radius 2 is 2.38 bits per heavy atom. The van der Waals surface area contributed by atoms with Gasteiger partial charge in [-0.05, 0) is 11.6 Å². The lowest BCUT2D eigenvalue weighted by atomic mass is 10.0. The predicted octanol–water partition coefficient (Wildman–Crippen LogP) is 1.38. The number of ether oxygens (including phenoxy) is 1. The summed E-state index contributed by atoms with van der Waals surface area (Å²) in [6.45, 7) is 0.812. The highest BCUT2D eigenvalue weighted by Gasteiger charge is 2.17. The summed E-state index contributed by atoms with van der Waals surface area (Å²) in [6.07, 6.45) is 1.16. The van der Waals surface area contributed by atoms with Gasteiger partial charge in [0.15, 0.2) is 0 Å². The summed E-state index contributed by atoms with van der Waals surface area (Å²) in [7, 11) is 1.72. The minimum Gasteiger partial charge on any atom is -0.508 e. The number of benzene rings is 1. The number of aromatic hydroxyl groups is 1. The SMILES string of the molecule is COC1CNc2cc(O)ccc2C1. The molecule has 1 heterocycles. The molecule has 13 heavy (non-hydrogen) atoms. The van der Waals surface area contributed by atoms with Crippen LogP contribution in [0.2, 0.25) is 0 Å². The molecule has 1 atom stereocenters. The van der Waals surface area contributed by atoms with E-state index in [0.29, 0.717) is 5.75 Å². The van der Waals surface area contributed by atoms with E-state index in [-0.39, 0.29) is 6.10 Å². The van der Waals surface area contributed by atoms with Crippen LogP contribution in [0.4, 0.5) is 5.69 Å². The van der Waals surface area contributed by atoms with Gasteiger partial charge < -0.3 is 15.2 Å². The molecule has 0 fully saturated rings. The third-order valence-corrected chi connectivity index (χ3v) is 2.39. The van der Waals surface area contributed by atoms with E-state index in [0.717, 1.165) is 18.7 Å². The molecule has 70 valence electrons. The highest BCUT2D eigenvalue weighted by atomic mass is 16.5. The third kappa shape index (κ3) is 1.60. The largest absolute Gasteiger partial charge is 0.508 e. The second kappa shape index (κ2) is 3.26. The maximum atomic E-state index is 9.24. The lowest BCUT2D eigenvalue weighted by Gasteiger charge is -2.24. The van der Waals surface area contributed by atoms with Crippen molar-refractivity contribution in [1.82, 2.24) is 0 Å². The van der Waals surface area contributed by atoms with E-state index in [1.54, 1.807) is 19.2 Å². The molecule has 2 rings (SSSR count). The molecule has 3 heteroatoms.